The minimum Gasteiger partial charge on any atom is -0.396 e. The van der Waals surface area contributed by atoms with Gasteiger partial charge >= 0.3 is 0 Å². The molecule has 0 aromatic carbocycles. The van der Waals surface area contributed by atoms with E-state index in [4.69, 9.17) is 0 Å². The molecule has 168 valence electrons. The fourth-order valence-corrected chi connectivity index (χ4v) is 10.2. The molecule has 6 unspecified atom stereocenters. The van der Waals surface area contributed by atoms with Crippen LogP contribution >= 0.6 is 0 Å². The van der Waals surface area contributed by atoms with E-state index in [1.54, 1.807) is 0 Å². The van der Waals surface area contributed by atoms with Gasteiger partial charge in [-0.1, -0.05) is 41.0 Å². The summed E-state index contributed by atoms with van der Waals surface area (Å²) in [4.78, 5) is 0. The van der Waals surface area contributed by atoms with Gasteiger partial charge in [-0.2, -0.15) is 0 Å². The highest BCUT2D eigenvalue weighted by Gasteiger charge is 2.64. The molecule has 0 heterocycles. The van der Waals surface area contributed by atoms with Gasteiger partial charge in [0.2, 0.25) is 0 Å². The zero-order chi connectivity index (χ0) is 21.0. The lowest BCUT2D eigenvalue weighted by Gasteiger charge is -2.67. The van der Waals surface area contributed by atoms with Crippen molar-refractivity contribution in [1.29, 1.82) is 0 Å². The molecule has 0 bridgehead atoms. The summed E-state index contributed by atoms with van der Waals surface area (Å²) in [6, 6.07) is 0. The first-order chi connectivity index (χ1) is 13.9. The Kier molecular flexibility index (Phi) is 5.95. The standard InChI is InChI=1S/C25H42O2.C2H6/c1-16-18-8-12-24(3)19-9-14-25(15-26)11-4-5-20(25)17(19)6-7-22(24)23(18,2)13-10-21(16)27;1-2/h16-22,26-27H,4-15H2,1-3H3;1-2H3/t16?,17-,18?,19?,20?,21?,22?,23-,24-,25+;/m0./s1. The quantitative estimate of drug-likeness (QED) is 0.528. The second-order valence-electron chi connectivity index (χ2n) is 12.1. The van der Waals surface area contributed by atoms with Crippen molar-refractivity contribution in [1.82, 2.24) is 0 Å². The summed E-state index contributed by atoms with van der Waals surface area (Å²) in [5, 5.41) is 20.8. The molecule has 0 aliphatic heterocycles. The van der Waals surface area contributed by atoms with Gasteiger partial charge in [-0.3, -0.25) is 0 Å². The molecule has 2 nitrogen and oxygen atoms in total. The Balaban J connectivity index is 0.000000994. The Morgan fingerprint density at radius 2 is 1.41 bits per heavy atom. The van der Waals surface area contributed by atoms with Crippen molar-refractivity contribution < 1.29 is 10.2 Å². The van der Waals surface area contributed by atoms with Crippen molar-refractivity contribution in [3.63, 3.8) is 0 Å². The molecule has 0 aromatic heterocycles. The molecule has 0 spiro atoms. The van der Waals surface area contributed by atoms with Crippen LogP contribution in [0.5, 0.6) is 0 Å². The average molecular weight is 405 g/mol. The van der Waals surface area contributed by atoms with E-state index >= 15 is 0 Å². The summed E-state index contributed by atoms with van der Waals surface area (Å²) in [5.41, 5.74) is 1.23. The molecule has 5 aliphatic carbocycles. The summed E-state index contributed by atoms with van der Waals surface area (Å²) < 4.78 is 0. The number of hydrogen-bond acceptors (Lipinski definition) is 2. The Bertz CT molecular complexity index is 589. The topological polar surface area (TPSA) is 40.5 Å². The van der Waals surface area contributed by atoms with E-state index in [9.17, 15) is 10.2 Å². The summed E-state index contributed by atoms with van der Waals surface area (Å²) >= 11 is 0. The summed E-state index contributed by atoms with van der Waals surface area (Å²) in [6.07, 6.45) is 14.4. The predicted octanol–water partition coefficient (Wildman–Crippen LogP) is 6.44. The number of aliphatic hydroxyl groups is 2. The zero-order valence-corrected chi connectivity index (χ0v) is 19.9. The van der Waals surface area contributed by atoms with Crippen LogP contribution in [0.4, 0.5) is 0 Å². The SMILES string of the molecule is CC.CC1C(O)CC[C@@]2(C)C1CC[C@@]1(C)C3CC[C@@]4(CO)CCCC4[C@H]3CCC21. The van der Waals surface area contributed by atoms with Gasteiger partial charge in [0.15, 0.2) is 0 Å². The molecule has 5 fully saturated rings. The first-order valence-electron chi connectivity index (χ1n) is 13.1. The third-order valence-corrected chi connectivity index (χ3v) is 11.6. The minimum atomic E-state index is -0.0675. The third kappa shape index (κ3) is 3.01. The largest absolute Gasteiger partial charge is 0.396 e. The first-order valence-corrected chi connectivity index (χ1v) is 13.1. The lowest BCUT2D eigenvalue weighted by Crippen LogP contribution is -2.61. The second kappa shape index (κ2) is 7.80. The fourth-order valence-electron chi connectivity index (χ4n) is 10.2. The lowest BCUT2D eigenvalue weighted by atomic mass is 9.37. The maximum absolute atomic E-state index is 10.5. The van der Waals surface area contributed by atoms with Gasteiger partial charge in [0, 0.05) is 6.61 Å². The molecule has 0 saturated heterocycles. The van der Waals surface area contributed by atoms with Gasteiger partial charge in [0.25, 0.3) is 0 Å². The van der Waals surface area contributed by atoms with Gasteiger partial charge < -0.3 is 10.2 Å². The molecule has 29 heavy (non-hydrogen) atoms. The Labute approximate surface area is 180 Å². The smallest absolute Gasteiger partial charge is 0.0568 e. The van der Waals surface area contributed by atoms with Crippen LogP contribution in [0.1, 0.15) is 105 Å². The van der Waals surface area contributed by atoms with Crippen LogP contribution in [0.15, 0.2) is 0 Å². The molecule has 2 heteroatoms. The highest BCUT2D eigenvalue weighted by molar-refractivity contribution is 5.13. The van der Waals surface area contributed by atoms with Crippen molar-refractivity contribution in [3.8, 4) is 0 Å². The van der Waals surface area contributed by atoms with Crippen LogP contribution in [-0.4, -0.2) is 22.9 Å². The van der Waals surface area contributed by atoms with E-state index < -0.39 is 0 Å². The van der Waals surface area contributed by atoms with Gasteiger partial charge in [0.05, 0.1) is 6.10 Å². The zero-order valence-electron chi connectivity index (χ0n) is 19.9. The molecule has 0 aromatic rings. The van der Waals surface area contributed by atoms with E-state index in [-0.39, 0.29) is 11.5 Å². The highest BCUT2D eigenvalue weighted by atomic mass is 16.3. The van der Waals surface area contributed by atoms with E-state index in [0.29, 0.717) is 23.4 Å². The Morgan fingerprint density at radius 3 is 2.14 bits per heavy atom. The minimum absolute atomic E-state index is 0.0675. The first kappa shape index (κ1) is 22.1. The Morgan fingerprint density at radius 1 is 0.759 bits per heavy atom. The van der Waals surface area contributed by atoms with Crippen LogP contribution in [0.3, 0.4) is 0 Å². The number of aliphatic hydroxyl groups excluding tert-OH is 2. The molecule has 2 N–H and O–H groups in total. The van der Waals surface area contributed by atoms with Crippen molar-refractivity contribution >= 4 is 0 Å². The van der Waals surface area contributed by atoms with Crippen LogP contribution in [0.25, 0.3) is 0 Å². The lowest BCUT2D eigenvalue weighted by molar-refractivity contribution is -0.197. The molecule has 10 atom stereocenters. The molecular formula is C27H48O2. The third-order valence-electron chi connectivity index (χ3n) is 11.6. The van der Waals surface area contributed by atoms with E-state index in [1.807, 2.05) is 13.8 Å². The van der Waals surface area contributed by atoms with Gasteiger partial charge in [0.1, 0.15) is 0 Å². The maximum atomic E-state index is 10.5. The molecule has 0 radical (unpaired) electrons. The fraction of sp³-hybridized carbons (Fsp3) is 1.00. The van der Waals surface area contributed by atoms with Crippen molar-refractivity contribution in [2.45, 2.75) is 111 Å². The van der Waals surface area contributed by atoms with E-state index in [2.05, 4.69) is 20.8 Å². The molecule has 5 aliphatic rings. The van der Waals surface area contributed by atoms with Crippen LogP contribution in [-0.2, 0) is 0 Å². The maximum Gasteiger partial charge on any atom is 0.0568 e. The summed E-state index contributed by atoms with van der Waals surface area (Å²) in [6.45, 7) is 12.1. The molecular weight excluding hydrogens is 356 g/mol. The van der Waals surface area contributed by atoms with Crippen LogP contribution in [0.2, 0.25) is 0 Å². The number of hydrogen-bond donors (Lipinski definition) is 2. The number of rotatable bonds is 1. The van der Waals surface area contributed by atoms with Gasteiger partial charge in [-0.05, 0) is 116 Å². The number of fused-ring (bicyclic) bond motifs is 7. The molecule has 0 amide bonds. The van der Waals surface area contributed by atoms with Crippen LogP contribution < -0.4 is 0 Å². The Hall–Kier alpha value is -0.0800. The highest BCUT2D eigenvalue weighted by Crippen LogP contribution is 2.71. The van der Waals surface area contributed by atoms with E-state index in [0.717, 1.165) is 36.0 Å². The second-order valence-corrected chi connectivity index (χ2v) is 12.1. The average Bonchev–Trinajstić information content (AvgIpc) is 3.17. The molecule has 5 saturated carbocycles. The van der Waals surface area contributed by atoms with Gasteiger partial charge in [-0.15, -0.1) is 0 Å². The van der Waals surface area contributed by atoms with E-state index in [1.165, 1.54) is 64.2 Å². The predicted molar refractivity (Wildman–Crippen MR) is 120 cm³/mol. The van der Waals surface area contributed by atoms with Crippen LogP contribution in [0, 0.1) is 51.8 Å². The van der Waals surface area contributed by atoms with Crippen molar-refractivity contribution in [2.24, 2.45) is 51.8 Å². The monoisotopic (exact) mass is 404 g/mol. The van der Waals surface area contributed by atoms with Crippen molar-refractivity contribution in [2.75, 3.05) is 6.61 Å². The van der Waals surface area contributed by atoms with Gasteiger partial charge in [-0.25, -0.2) is 0 Å². The molecule has 5 rings (SSSR count). The normalized spacial score (nSPS) is 56.2. The summed E-state index contributed by atoms with van der Waals surface area (Å²) in [5.74, 6) is 4.62. The summed E-state index contributed by atoms with van der Waals surface area (Å²) in [7, 11) is 0. The van der Waals surface area contributed by atoms with Crippen molar-refractivity contribution in [3.05, 3.63) is 0 Å².